The molecule has 0 aliphatic carbocycles. The zero-order chi connectivity index (χ0) is 34.8. The Labute approximate surface area is 295 Å². The Morgan fingerprint density at radius 2 is 1.16 bits per heavy atom. The normalized spacial score (nSPS) is 29.0. The molecule has 50 heavy (non-hydrogen) atoms. The monoisotopic (exact) mass is 684 g/mol. The highest BCUT2D eigenvalue weighted by atomic mass is 16.8. The van der Waals surface area contributed by atoms with Gasteiger partial charge in [0.1, 0.15) is 30.5 Å². The molecule has 2 heterocycles. The lowest BCUT2D eigenvalue weighted by Crippen LogP contribution is -2.71. The molecule has 0 spiro atoms. The molecule has 9 heteroatoms. The van der Waals surface area contributed by atoms with Crippen LogP contribution in [0.1, 0.15) is 42.4 Å². The van der Waals surface area contributed by atoms with Gasteiger partial charge in [0.25, 0.3) is 0 Å². The summed E-state index contributed by atoms with van der Waals surface area (Å²) in [5.74, 6) is -2.65. The van der Waals surface area contributed by atoms with Gasteiger partial charge in [-0.3, -0.25) is 0 Å². The molecule has 3 unspecified atom stereocenters. The van der Waals surface area contributed by atoms with E-state index in [4.69, 9.17) is 42.6 Å². The summed E-state index contributed by atoms with van der Waals surface area (Å²) >= 11 is 0. The number of hydrogen-bond acceptors (Lipinski definition) is 9. The molecule has 0 bridgehead atoms. The van der Waals surface area contributed by atoms with Gasteiger partial charge < -0.3 is 42.6 Å². The van der Waals surface area contributed by atoms with Crippen LogP contribution in [-0.4, -0.2) is 69.5 Å². The quantitative estimate of drug-likeness (QED) is 0.132. The van der Waals surface area contributed by atoms with Crippen LogP contribution < -0.4 is 0 Å². The summed E-state index contributed by atoms with van der Waals surface area (Å²) in [5, 5.41) is 0. The number of methoxy groups -OCH3 is 2. The van der Waals surface area contributed by atoms with E-state index in [1.54, 1.807) is 28.1 Å². The predicted octanol–water partition coefficient (Wildman–Crippen LogP) is 7.00. The first-order chi connectivity index (χ1) is 24.4. The minimum Gasteiger partial charge on any atom is -0.374 e. The number of benzene rings is 4. The largest absolute Gasteiger partial charge is 0.374 e. The lowest BCUT2D eigenvalue weighted by Gasteiger charge is -2.55. The summed E-state index contributed by atoms with van der Waals surface area (Å²) in [4.78, 5) is 0. The third-order valence-electron chi connectivity index (χ3n) is 9.48. The molecule has 2 saturated heterocycles. The maximum atomic E-state index is 6.98. The first-order valence-electron chi connectivity index (χ1n) is 17.1. The highest BCUT2D eigenvalue weighted by molar-refractivity contribution is 5.18. The molecule has 0 saturated carbocycles. The van der Waals surface area contributed by atoms with Gasteiger partial charge in [0.05, 0.1) is 33.0 Å². The van der Waals surface area contributed by atoms with Crippen molar-refractivity contribution in [1.29, 1.82) is 0 Å². The molecule has 0 N–H and O–H groups in total. The highest BCUT2D eigenvalue weighted by Gasteiger charge is 2.61. The summed E-state index contributed by atoms with van der Waals surface area (Å²) in [6.45, 7) is 5.15. The molecule has 4 aromatic rings. The van der Waals surface area contributed by atoms with Crippen molar-refractivity contribution in [2.45, 2.75) is 82.1 Å². The molecule has 8 atom stereocenters. The fraction of sp³-hybridized carbons (Fsp3) is 0.415. The van der Waals surface area contributed by atoms with E-state index in [0.29, 0.717) is 19.8 Å². The smallest absolute Gasteiger partial charge is 0.220 e. The Morgan fingerprint density at radius 3 is 1.74 bits per heavy atom. The Bertz CT molecular complexity index is 1560. The predicted molar refractivity (Wildman–Crippen MR) is 187 cm³/mol. The summed E-state index contributed by atoms with van der Waals surface area (Å²) in [7, 11) is 3.15. The minimum atomic E-state index is -1.33. The second-order valence-electron chi connectivity index (χ2n) is 12.8. The molecule has 2 aliphatic heterocycles. The van der Waals surface area contributed by atoms with Crippen LogP contribution in [0.25, 0.3) is 0 Å². The zero-order valence-electron chi connectivity index (χ0n) is 29.2. The van der Waals surface area contributed by atoms with E-state index < -0.39 is 48.4 Å². The van der Waals surface area contributed by atoms with E-state index in [1.165, 1.54) is 0 Å². The van der Waals surface area contributed by atoms with Crippen LogP contribution in [0.3, 0.4) is 0 Å². The van der Waals surface area contributed by atoms with Crippen LogP contribution >= 0.6 is 0 Å². The van der Waals surface area contributed by atoms with Gasteiger partial charge in [-0.2, -0.15) is 0 Å². The van der Waals surface area contributed by atoms with Crippen molar-refractivity contribution >= 4 is 0 Å². The molecule has 2 fully saturated rings. The first kappa shape index (κ1) is 36.3. The molecule has 0 radical (unpaired) electrons. The molecular weight excluding hydrogens is 636 g/mol. The van der Waals surface area contributed by atoms with Crippen LogP contribution in [0.15, 0.2) is 121 Å². The maximum Gasteiger partial charge on any atom is 0.220 e. The second kappa shape index (κ2) is 17.2. The van der Waals surface area contributed by atoms with Gasteiger partial charge in [-0.05, 0) is 30.5 Å². The average Bonchev–Trinajstić information content (AvgIpc) is 3.18. The molecule has 4 aromatic carbocycles. The van der Waals surface area contributed by atoms with Crippen LogP contribution in [-0.2, 0) is 62.5 Å². The van der Waals surface area contributed by atoms with Gasteiger partial charge in [0.15, 0.2) is 6.29 Å². The topological polar surface area (TPSA) is 83.1 Å². The SMILES string of the molecule is COC1(C)O[C@@H]([C@@H]2OC(c3ccccc3)OC[C@@H]2OCc2ccccc2)[C@H]([C@H](COCc2ccccc2)OCc2ccccc2)OC1(C)OC. The third kappa shape index (κ3) is 8.69. The van der Waals surface area contributed by atoms with E-state index in [1.807, 2.05) is 121 Å². The fourth-order valence-electron chi connectivity index (χ4n) is 6.30. The Morgan fingerprint density at radius 1 is 0.640 bits per heavy atom. The fourth-order valence-corrected chi connectivity index (χ4v) is 6.30. The second-order valence-corrected chi connectivity index (χ2v) is 12.8. The Hall–Kier alpha value is -3.48. The molecule has 266 valence electrons. The summed E-state index contributed by atoms with van der Waals surface area (Å²) in [6.07, 6.45) is -3.99. The van der Waals surface area contributed by atoms with Crippen molar-refractivity contribution < 1.29 is 42.6 Å². The molecule has 0 aromatic heterocycles. The lowest BCUT2D eigenvalue weighted by molar-refractivity contribution is -0.469. The van der Waals surface area contributed by atoms with Crippen molar-refractivity contribution in [2.24, 2.45) is 0 Å². The van der Waals surface area contributed by atoms with Crippen molar-refractivity contribution in [3.8, 4) is 0 Å². The van der Waals surface area contributed by atoms with E-state index in [9.17, 15) is 0 Å². The summed E-state index contributed by atoms with van der Waals surface area (Å²) in [5.41, 5.74) is 3.97. The summed E-state index contributed by atoms with van der Waals surface area (Å²) in [6, 6.07) is 39.9. The molecule has 2 aliphatic rings. The Balaban J connectivity index is 1.35. The van der Waals surface area contributed by atoms with Crippen LogP contribution in [0.4, 0.5) is 0 Å². The standard InChI is InChI=1S/C41H48O9/c1-40(42-3)41(2,43-4)50-38(36-35(46-27-32-21-13-7-14-22-32)29-47-39(48-36)33-23-15-8-16-24-33)37(49-40)34(45-26-31-19-11-6-12-20-31)28-44-25-30-17-9-5-10-18-30/h5-24,34-39H,25-29H2,1-4H3/t34-,35-,36+,37-,38-,39?,40?,41?/m0/s1. The first-order valence-corrected chi connectivity index (χ1v) is 17.1. The minimum absolute atomic E-state index is 0.205. The van der Waals surface area contributed by atoms with Gasteiger partial charge in [-0.25, -0.2) is 0 Å². The molecular formula is C41H48O9. The van der Waals surface area contributed by atoms with Gasteiger partial charge >= 0.3 is 0 Å². The van der Waals surface area contributed by atoms with E-state index >= 15 is 0 Å². The number of rotatable bonds is 15. The van der Waals surface area contributed by atoms with Crippen LogP contribution in [0.2, 0.25) is 0 Å². The van der Waals surface area contributed by atoms with E-state index in [-0.39, 0.29) is 13.2 Å². The number of hydrogen-bond donors (Lipinski definition) is 0. The average molecular weight is 685 g/mol. The van der Waals surface area contributed by atoms with Gasteiger partial charge in [-0.15, -0.1) is 0 Å². The lowest BCUT2D eigenvalue weighted by atomic mass is 9.93. The zero-order valence-corrected chi connectivity index (χ0v) is 29.2. The Kier molecular flexibility index (Phi) is 12.5. The van der Waals surface area contributed by atoms with Crippen molar-refractivity contribution in [3.63, 3.8) is 0 Å². The molecule has 6 rings (SSSR count). The maximum absolute atomic E-state index is 6.98. The van der Waals surface area contributed by atoms with Gasteiger partial charge in [0.2, 0.25) is 11.6 Å². The highest BCUT2D eigenvalue weighted by Crippen LogP contribution is 2.44. The van der Waals surface area contributed by atoms with Crippen molar-refractivity contribution in [2.75, 3.05) is 27.4 Å². The molecule has 9 nitrogen and oxygen atoms in total. The van der Waals surface area contributed by atoms with Gasteiger partial charge in [0, 0.05) is 19.8 Å². The third-order valence-corrected chi connectivity index (χ3v) is 9.48. The van der Waals surface area contributed by atoms with Crippen LogP contribution in [0, 0.1) is 0 Å². The summed E-state index contributed by atoms with van der Waals surface area (Å²) < 4.78 is 58.6. The number of ether oxygens (including phenoxy) is 9. The van der Waals surface area contributed by atoms with Crippen LogP contribution in [0.5, 0.6) is 0 Å². The van der Waals surface area contributed by atoms with Gasteiger partial charge in [-0.1, -0.05) is 121 Å². The van der Waals surface area contributed by atoms with E-state index in [2.05, 4.69) is 0 Å². The van der Waals surface area contributed by atoms with Crippen molar-refractivity contribution in [3.05, 3.63) is 144 Å². The van der Waals surface area contributed by atoms with E-state index in [0.717, 1.165) is 22.3 Å². The van der Waals surface area contributed by atoms with Crippen molar-refractivity contribution in [1.82, 2.24) is 0 Å². The molecule has 0 amide bonds.